The van der Waals surface area contributed by atoms with Crippen LogP contribution in [-0.2, 0) is 31.4 Å². The molecule has 1 saturated heterocycles. The van der Waals surface area contributed by atoms with Crippen LogP contribution in [0.3, 0.4) is 0 Å². The molecule has 2 fully saturated rings. The van der Waals surface area contributed by atoms with Crippen LogP contribution in [0, 0.1) is 18.3 Å². The van der Waals surface area contributed by atoms with Crippen LogP contribution < -0.4 is 15.4 Å². The Morgan fingerprint density at radius 1 is 1.00 bits per heavy atom. The van der Waals surface area contributed by atoms with Gasteiger partial charge in [0.25, 0.3) is 21.8 Å². The van der Waals surface area contributed by atoms with Gasteiger partial charge in [0.05, 0.1) is 16.8 Å². The predicted molar refractivity (Wildman–Crippen MR) is 160 cm³/mol. The molecule has 4 rings (SSSR count). The summed E-state index contributed by atoms with van der Waals surface area (Å²) < 4.78 is 53.7. The number of benzene rings is 2. The first kappa shape index (κ1) is 31.2. The monoisotopic (exact) mass is 616 g/mol. The van der Waals surface area contributed by atoms with Gasteiger partial charge in [-0.1, -0.05) is 12.1 Å². The number of amides is 2. The van der Waals surface area contributed by atoms with Crippen molar-refractivity contribution in [1.29, 1.82) is 5.41 Å². The summed E-state index contributed by atoms with van der Waals surface area (Å²) in [5.41, 5.74) is 2.73. The van der Waals surface area contributed by atoms with Gasteiger partial charge in [-0.15, -0.1) is 0 Å². The summed E-state index contributed by atoms with van der Waals surface area (Å²) in [6.45, 7) is 2.83. The Morgan fingerprint density at radius 3 is 2.21 bits per heavy atom. The molecule has 2 aromatic carbocycles. The number of piperazine rings is 1. The normalized spacial score (nSPS) is 16.5. The van der Waals surface area contributed by atoms with E-state index < -0.39 is 20.0 Å². The molecular weight excluding hydrogens is 580 g/mol. The number of anilines is 1. The quantitative estimate of drug-likeness (QED) is 0.220. The molecule has 2 aliphatic rings. The molecule has 42 heavy (non-hydrogen) atoms. The molecule has 1 heterocycles. The standard InChI is InChI=1S/C28H36N6O6S2/c1-19-22(18-31-27(35)26(30-2)17-24(29)20-7-8-20)5-4-6-25(19)32-42(39,40)23-11-9-21(10-12-23)28(36)33-13-15-34(16-14-33)41(3,37)38/h4-6,9-12,17,20,29-30,32H,7-8,13-16,18H2,1-3H3,(H,31,35)/b26-17-,29-24?. The zero-order valence-electron chi connectivity index (χ0n) is 23.8. The fraction of sp³-hybridized carbons (Fsp3) is 0.393. The van der Waals surface area contributed by atoms with Crippen LogP contribution in [0.25, 0.3) is 0 Å². The number of nitrogens with zero attached hydrogens (tertiary/aromatic N) is 2. The van der Waals surface area contributed by atoms with Crippen LogP contribution in [0.15, 0.2) is 59.1 Å². The largest absolute Gasteiger partial charge is 0.384 e. The van der Waals surface area contributed by atoms with Crippen molar-refractivity contribution in [2.24, 2.45) is 5.92 Å². The number of hydrogen-bond donors (Lipinski definition) is 4. The highest BCUT2D eigenvalue weighted by Crippen LogP contribution is 2.30. The zero-order chi connectivity index (χ0) is 30.7. The molecule has 0 unspecified atom stereocenters. The summed E-state index contributed by atoms with van der Waals surface area (Å²) in [7, 11) is -5.68. The van der Waals surface area contributed by atoms with E-state index in [1.807, 2.05) is 0 Å². The second kappa shape index (κ2) is 12.6. The van der Waals surface area contributed by atoms with E-state index in [0.717, 1.165) is 19.1 Å². The highest BCUT2D eigenvalue weighted by Gasteiger charge is 2.27. The molecule has 12 nitrogen and oxygen atoms in total. The minimum atomic E-state index is -3.99. The van der Waals surface area contributed by atoms with Crippen LogP contribution in [-0.4, -0.2) is 83.0 Å². The summed E-state index contributed by atoms with van der Waals surface area (Å²) in [4.78, 5) is 27.1. The topological polar surface area (TPSA) is 169 Å². The van der Waals surface area contributed by atoms with E-state index in [-0.39, 0.29) is 55.4 Å². The molecule has 0 radical (unpaired) electrons. The average Bonchev–Trinajstić information content (AvgIpc) is 3.81. The molecular formula is C28H36N6O6S2. The maximum atomic E-state index is 13.2. The van der Waals surface area contributed by atoms with Gasteiger partial charge < -0.3 is 20.9 Å². The number of sulfonamides is 2. The molecule has 1 saturated carbocycles. The highest BCUT2D eigenvalue weighted by atomic mass is 32.2. The van der Waals surface area contributed by atoms with E-state index in [0.29, 0.717) is 33.8 Å². The van der Waals surface area contributed by atoms with E-state index in [9.17, 15) is 26.4 Å². The third-order valence-electron chi connectivity index (χ3n) is 7.37. The van der Waals surface area contributed by atoms with Crippen LogP contribution in [0.5, 0.6) is 0 Å². The second-order valence-corrected chi connectivity index (χ2v) is 14.1. The van der Waals surface area contributed by atoms with Gasteiger partial charge in [-0.2, -0.15) is 4.31 Å². The summed E-state index contributed by atoms with van der Waals surface area (Å²) in [5.74, 6) is -0.443. The van der Waals surface area contributed by atoms with E-state index in [1.54, 1.807) is 43.1 Å². The van der Waals surface area contributed by atoms with Crippen LogP contribution in [0.1, 0.15) is 34.3 Å². The second-order valence-electron chi connectivity index (χ2n) is 10.4. The van der Waals surface area contributed by atoms with Crippen molar-refractivity contribution in [2.45, 2.75) is 31.2 Å². The maximum Gasteiger partial charge on any atom is 0.267 e. The first-order valence-electron chi connectivity index (χ1n) is 13.5. The number of rotatable bonds is 11. The summed E-state index contributed by atoms with van der Waals surface area (Å²) in [5, 5.41) is 13.7. The first-order chi connectivity index (χ1) is 19.8. The number of nitrogens with one attached hydrogen (secondary N) is 4. The Hall–Kier alpha value is -3.75. The average molecular weight is 617 g/mol. The van der Waals surface area contributed by atoms with Crippen LogP contribution in [0.2, 0.25) is 0 Å². The third-order valence-corrected chi connectivity index (χ3v) is 10.1. The smallest absolute Gasteiger partial charge is 0.267 e. The Labute approximate surface area is 246 Å². The van der Waals surface area contributed by atoms with E-state index in [1.165, 1.54) is 28.6 Å². The van der Waals surface area contributed by atoms with Gasteiger partial charge in [0.2, 0.25) is 10.0 Å². The SMILES string of the molecule is CN/C(=C\C(=N)C1CC1)C(=O)NCc1cccc(NS(=O)(=O)c2ccc(C(=O)N3CCN(S(C)(=O)=O)CC3)cc2)c1C. The summed E-state index contributed by atoms with van der Waals surface area (Å²) >= 11 is 0. The number of carbonyl (C=O) groups is 2. The van der Waals surface area contributed by atoms with Crippen molar-refractivity contribution in [3.63, 3.8) is 0 Å². The maximum absolute atomic E-state index is 13.2. The van der Waals surface area contributed by atoms with Crippen molar-refractivity contribution in [1.82, 2.24) is 19.8 Å². The van der Waals surface area contributed by atoms with Gasteiger partial charge in [-0.3, -0.25) is 14.3 Å². The van der Waals surface area contributed by atoms with Gasteiger partial charge in [0, 0.05) is 57.0 Å². The number of likely N-dealkylation sites (N-methyl/N-ethyl adjacent to an activating group) is 1. The lowest BCUT2D eigenvalue weighted by Crippen LogP contribution is -2.50. The van der Waals surface area contributed by atoms with Crippen molar-refractivity contribution in [3.8, 4) is 0 Å². The Morgan fingerprint density at radius 2 is 1.64 bits per heavy atom. The lowest BCUT2D eigenvalue weighted by atomic mass is 10.1. The van der Waals surface area contributed by atoms with E-state index >= 15 is 0 Å². The molecule has 0 bridgehead atoms. The molecule has 1 aliphatic carbocycles. The van der Waals surface area contributed by atoms with Gasteiger partial charge in [-0.05, 0) is 67.3 Å². The van der Waals surface area contributed by atoms with Gasteiger partial charge in [-0.25, -0.2) is 16.8 Å². The van der Waals surface area contributed by atoms with Gasteiger partial charge in [0.15, 0.2) is 0 Å². The summed E-state index contributed by atoms with van der Waals surface area (Å²) in [6.07, 6.45) is 4.60. The van der Waals surface area contributed by atoms with Crippen LogP contribution in [0.4, 0.5) is 5.69 Å². The van der Waals surface area contributed by atoms with Crippen molar-refractivity contribution >= 4 is 43.3 Å². The highest BCUT2D eigenvalue weighted by molar-refractivity contribution is 7.92. The lowest BCUT2D eigenvalue weighted by Gasteiger charge is -2.33. The molecule has 2 amide bonds. The molecule has 226 valence electrons. The van der Waals surface area contributed by atoms with Crippen molar-refractivity contribution < 1.29 is 26.4 Å². The zero-order valence-corrected chi connectivity index (χ0v) is 25.4. The van der Waals surface area contributed by atoms with Crippen molar-refractivity contribution in [2.75, 3.05) is 44.2 Å². The minimum absolute atomic E-state index is 0.0269. The fourth-order valence-electron chi connectivity index (χ4n) is 4.56. The lowest BCUT2D eigenvalue weighted by molar-refractivity contribution is -0.118. The van der Waals surface area contributed by atoms with E-state index in [4.69, 9.17) is 5.41 Å². The first-order valence-corrected chi connectivity index (χ1v) is 16.8. The van der Waals surface area contributed by atoms with Crippen LogP contribution >= 0.6 is 0 Å². The van der Waals surface area contributed by atoms with Gasteiger partial charge >= 0.3 is 0 Å². The number of carbonyl (C=O) groups excluding carboxylic acids is 2. The third kappa shape index (κ3) is 7.55. The van der Waals surface area contributed by atoms with Crippen molar-refractivity contribution in [3.05, 3.63) is 70.9 Å². The predicted octanol–water partition coefficient (Wildman–Crippen LogP) is 1.66. The summed E-state index contributed by atoms with van der Waals surface area (Å²) in [6, 6.07) is 10.7. The van der Waals surface area contributed by atoms with E-state index in [2.05, 4.69) is 15.4 Å². The van der Waals surface area contributed by atoms with Gasteiger partial charge in [0.1, 0.15) is 5.70 Å². The minimum Gasteiger partial charge on any atom is -0.384 e. The Kier molecular flexibility index (Phi) is 9.38. The Balaban J connectivity index is 1.39. The molecule has 0 spiro atoms. The fourth-order valence-corrected chi connectivity index (χ4v) is 6.51. The molecule has 2 aromatic rings. The molecule has 0 aromatic heterocycles. The molecule has 1 aliphatic heterocycles. The molecule has 14 heteroatoms. The number of hydrogen-bond acceptors (Lipinski definition) is 8. The molecule has 4 N–H and O–H groups in total. The number of allylic oxidation sites excluding steroid dienone is 1. The Bertz CT molecular complexity index is 1610. The molecule has 0 atom stereocenters.